The van der Waals surface area contributed by atoms with Crippen LogP contribution >= 0.6 is 11.6 Å². The molecule has 0 saturated heterocycles. The summed E-state index contributed by atoms with van der Waals surface area (Å²) in [5.74, 6) is -0.604. The molecule has 0 radical (unpaired) electrons. The molecule has 1 unspecified atom stereocenters. The first-order valence-electron chi connectivity index (χ1n) is 9.75. The average molecular weight is 408 g/mol. The van der Waals surface area contributed by atoms with Gasteiger partial charge in [0.2, 0.25) is 5.91 Å². The van der Waals surface area contributed by atoms with Crippen LogP contribution in [0.4, 0.5) is 5.82 Å². The average Bonchev–Trinajstić information content (AvgIpc) is 2.67. The second kappa shape index (κ2) is 7.91. The molecule has 4 rings (SSSR count). The minimum atomic E-state index is -0.584. The molecule has 0 saturated carbocycles. The van der Waals surface area contributed by atoms with Gasteiger partial charge < -0.3 is 5.32 Å². The number of amides is 1. The van der Waals surface area contributed by atoms with Crippen LogP contribution in [0.25, 0.3) is 0 Å². The van der Waals surface area contributed by atoms with E-state index in [9.17, 15) is 9.59 Å². The van der Waals surface area contributed by atoms with Gasteiger partial charge >= 0.3 is 0 Å². The third-order valence-electron chi connectivity index (χ3n) is 5.49. The summed E-state index contributed by atoms with van der Waals surface area (Å²) in [6.07, 6.45) is 2.05. The second-order valence-electron chi connectivity index (χ2n) is 7.55. The van der Waals surface area contributed by atoms with Crippen molar-refractivity contribution in [3.63, 3.8) is 0 Å². The molecule has 1 aromatic carbocycles. The number of allylic oxidation sites excluding steroid dienone is 2. The molecule has 29 heavy (non-hydrogen) atoms. The Morgan fingerprint density at radius 3 is 2.59 bits per heavy atom. The second-order valence-corrected chi connectivity index (χ2v) is 7.99. The number of halogens is 1. The van der Waals surface area contributed by atoms with Crippen LogP contribution in [0, 0.1) is 12.8 Å². The molecule has 5 nitrogen and oxygen atoms in total. The number of hydrogen-bond acceptors (Lipinski definition) is 4. The number of ketones is 1. The van der Waals surface area contributed by atoms with Gasteiger partial charge in [-0.2, -0.15) is 0 Å². The monoisotopic (exact) mass is 407 g/mol. The molecule has 2 aromatic rings. The van der Waals surface area contributed by atoms with E-state index in [0.29, 0.717) is 28.5 Å². The van der Waals surface area contributed by atoms with E-state index in [1.54, 1.807) is 18.2 Å². The maximum Gasteiger partial charge on any atom is 0.235 e. The number of hydrogen-bond donors (Lipinski definition) is 1. The molecule has 148 valence electrons. The molecule has 2 aliphatic rings. The van der Waals surface area contributed by atoms with Gasteiger partial charge in [0.15, 0.2) is 5.78 Å². The van der Waals surface area contributed by atoms with Crippen molar-refractivity contribution in [1.82, 2.24) is 4.98 Å². The lowest BCUT2D eigenvalue weighted by atomic mass is 9.71. The van der Waals surface area contributed by atoms with Crippen molar-refractivity contribution in [2.24, 2.45) is 10.9 Å². The highest BCUT2D eigenvalue weighted by molar-refractivity contribution is 6.30. The summed E-state index contributed by atoms with van der Waals surface area (Å²) in [5.41, 5.74) is 3.91. The molecule has 1 N–H and O–H groups in total. The van der Waals surface area contributed by atoms with Crippen molar-refractivity contribution >= 4 is 34.8 Å². The lowest BCUT2D eigenvalue weighted by molar-refractivity contribution is -0.119. The third kappa shape index (κ3) is 3.87. The fraction of sp³-hybridized carbons (Fsp3) is 0.304. The number of nitrogens with one attached hydrogen (secondary N) is 1. The molecule has 2 atom stereocenters. The lowest BCUT2D eigenvalue weighted by Crippen LogP contribution is -2.39. The van der Waals surface area contributed by atoms with E-state index in [1.807, 2.05) is 38.1 Å². The van der Waals surface area contributed by atoms with Crippen LogP contribution in [0.5, 0.6) is 0 Å². The number of aromatic nitrogens is 1. The van der Waals surface area contributed by atoms with Gasteiger partial charge in [-0.05, 0) is 56.5 Å². The zero-order valence-corrected chi connectivity index (χ0v) is 17.2. The number of aryl methyl sites for hydroxylation is 1. The van der Waals surface area contributed by atoms with Crippen LogP contribution in [0.3, 0.4) is 0 Å². The van der Waals surface area contributed by atoms with Crippen LogP contribution < -0.4 is 5.32 Å². The Kier molecular flexibility index (Phi) is 5.33. The summed E-state index contributed by atoms with van der Waals surface area (Å²) in [6.45, 7) is 3.73. The van der Waals surface area contributed by atoms with Gasteiger partial charge in [-0.25, -0.2) is 4.98 Å². The summed E-state index contributed by atoms with van der Waals surface area (Å²) >= 11 is 6.08. The van der Waals surface area contributed by atoms with Crippen LogP contribution in [0.15, 0.2) is 58.7 Å². The number of carbonyl (C=O) groups excluding carboxylic acids is 2. The fourth-order valence-electron chi connectivity index (χ4n) is 4.19. The van der Waals surface area contributed by atoms with E-state index in [2.05, 4.69) is 15.3 Å². The van der Waals surface area contributed by atoms with Crippen LogP contribution in [0.2, 0.25) is 5.02 Å². The van der Waals surface area contributed by atoms with Crippen LogP contribution in [0.1, 0.15) is 43.4 Å². The molecule has 2 heterocycles. The number of nitrogens with zero attached hydrogens (tertiary/aromatic N) is 2. The quantitative estimate of drug-likeness (QED) is 0.789. The summed E-state index contributed by atoms with van der Waals surface area (Å²) in [7, 11) is 0. The standard InChI is InChI=1S/C23H22ClN3O2/c1-13-5-3-8-19(25-13)27-23(29)20-14(2)26-17-6-4-7-18(28)22(17)21(20)15-9-11-16(24)12-10-15/h3,5,8-12,20-21H,4,6-7H2,1-2H3,(H,25,27,29)/t20?,21-/m0/s1. The van der Waals surface area contributed by atoms with Crippen molar-refractivity contribution in [2.75, 3.05) is 5.32 Å². The minimum absolute atomic E-state index is 0.0777. The molecular weight excluding hydrogens is 386 g/mol. The Bertz CT molecular complexity index is 1040. The van der Waals surface area contributed by atoms with E-state index in [1.165, 1.54) is 0 Å². The number of anilines is 1. The molecule has 1 aliphatic heterocycles. The van der Waals surface area contributed by atoms with Gasteiger partial charge in [-0.1, -0.05) is 29.8 Å². The van der Waals surface area contributed by atoms with Crippen molar-refractivity contribution in [1.29, 1.82) is 0 Å². The first kappa shape index (κ1) is 19.5. The van der Waals surface area contributed by atoms with E-state index in [-0.39, 0.29) is 17.6 Å². The summed E-state index contributed by atoms with van der Waals surface area (Å²) in [4.78, 5) is 35.2. The first-order valence-corrected chi connectivity index (χ1v) is 10.1. The Morgan fingerprint density at radius 2 is 1.86 bits per heavy atom. The van der Waals surface area contributed by atoms with Gasteiger partial charge in [0.25, 0.3) is 0 Å². The fourth-order valence-corrected chi connectivity index (χ4v) is 4.32. The van der Waals surface area contributed by atoms with E-state index < -0.39 is 5.92 Å². The molecule has 1 aliphatic carbocycles. The highest BCUT2D eigenvalue weighted by Crippen LogP contribution is 2.43. The summed E-state index contributed by atoms with van der Waals surface area (Å²) in [6, 6.07) is 12.9. The molecule has 1 amide bonds. The lowest BCUT2D eigenvalue weighted by Gasteiger charge is -2.35. The SMILES string of the molecule is CC1=NC2=C(C(=O)CCC2)[C@@H](c2ccc(Cl)cc2)C1C(=O)Nc1cccc(C)n1. The van der Waals surface area contributed by atoms with Gasteiger partial charge in [0.05, 0.1) is 5.92 Å². The number of rotatable bonds is 3. The van der Waals surface area contributed by atoms with Crippen LogP contribution in [-0.2, 0) is 9.59 Å². The predicted molar refractivity (Wildman–Crippen MR) is 114 cm³/mol. The maximum atomic E-state index is 13.3. The van der Waals surface area contributed by atoms with E-state index in [0.717, 1.165) is 29.8 Å². The Balaban J connectivity index is 1.77. The summed E-state index contributed by atoms with van der Waals surface area (Å²) < 4.78 is 0. The Morgan fingerprint density at radius 1 is 1.10 bits per heavy atom. The molecule has 6 heteroatoms. The van der Waals surface area contributed by atoms with Crippen molar-refractivity contribution in [3.05, 3.63) is 70.0 Å². The van der Waals surface area contributed by atoms with Gasteiger partial charge in [-0.3, -0.25) is 14.6 Å². The van der Waals surface area contributed by atoms with Crippen LogP contribution in [-0.4, -0.2) is 22.4 Å². The van der Waals surface area contributed by atoms with Crippen molar-refractivity contribution < 1.29 is 9.59 Å². The largest absolute Gasteiger partial charge is 0.310 e. The smallest absolute Gasteiger partial charge is 0.235 e. The highest BCUT2D eigenvalue weighted by Gasteiger charge is 2.42. The number of aliphatic imine (C=N–C) groups is 1. The molecular formula is C23H22ClN3O2. The summed E-state index contributed by atoms with van der Waals surface area (Å²) in [5, 5.41) is 3.53. The number of benzene rings is 1. The third-order valence-corrected chi connectivity index (χ3v) is 5.74. The van der Waals surface area contributed by atoms with Gasteiger partial charge in [0.1, 0.15) is 5.82 Å². The Hall–Kier alpha value is -2.79. The normalized spacial score (nSPS) is 21.5. The zero-order chi connectivity index (χ0) is 20.5. The van der Waals surface area contributed by atoms with Gasteiger partial charge in [0, 0.05) is 40.0 Å². The number of Topliss-reactive ketones (excluding diaryl/α,β-unsaturated/α-hetero) is 1. The predicted octanol–water partition coefficient (Wildman–Crippen LogP) is 4.86. The number of carbonyl (C=O) groups is 2. The number of pyridine rings is 1. The van der Waals surface area contributed by atoms with E-state index in [4.69, 9.17) is 11.6 Å². The minimum Gasteiger partial charge on any atom is -0.310 e. The molecule has 0 fully saturated rings. The van der Waals surface area contributed by atoms with Crippen molar-refractivity contribution in [3.8, 4) is 0 Å². The molecule has 1 aromatic heterocycles. The maximum absolute atomic E-state index is 13.3. The topological polar surface area (TPSA) is 71.4 Å². The first-order chi connectivity index (χ1) is 13.9. The molecule has 0 spiro atoms. The van der Waals surface area contributed by atoms with Gasteiger partial charge in [-0.15, -0.1) is 0 Å². The molecule has 0 bridgehead atoms. The van der Waals surface area contributed by atoms with E-state index >= 15 is 0 Å². The Labute approximate surface area is 174 Å². The van der Waals surface area contributed by atoms with Crippen molar-refractivity contribution in [2.45, 2.75) is 39.0 Å². The highest BCUT2D eigenvalue weighted by atomic mass is 35.5. The zero-order valence-electron chi connectivity index (χ0n) is 16.4.